The lowest BCUT2D eigenvalue weighted by Gasteiger charge is -2.39. The summed E-state index contributed by atoms with van der Waals surface area (Å²) in [6.45, 7) is 2.63. The molecule has 1 aromatic heterocycles. The first kappa shape index (κ1) is 10.4. The van der Waals surface area contributed by atoms with Gasteiger partial charge in [-0.05, 0) is 29.3 Å². The first-order valence-corrected chi connectivity index (χ1v) is 5.44. The second kappa shape index (κ2) is 3.77. The molecule has 1 saturated heterocycles. The van der Waals surface area contributed by atoms with Crippen LogP contribution in [0.2, 0.25) is 0 Å². The molecular formula is C9H11BrN4O. The number of aromatic nitrogens is 2. The van der Waals surface area contributed by atoms with Gasteiger partial charge in [-0.25, -0.2) is 9.97 Å². The minimum Gasteiger partial charge on any atom is -0.368 e. The lowest BCUT2D eigenvalue weighted by Crippen LogP contribution is -2.55. The third kappa shape index (κ3) is 1.94. The molecule has 0 bridgehead atoms. The summed E-state index contributed by atoms with van der Waals surface area (Å²) >= 11 is 3.30. The van der Waals surface area contributed by atoms with Gasteiger partial charge in [-0.15, -0.1) is 0 Å². The van der Waals surface area contributed by atoms with Crippen molar-refractivity contribution in [2.24, 2.45) is 5.73 Å². The molecule has 80 valence electrons. The number of anilines is 1. The number of hydrogen-bond donors (Lipinski definition) is 1. The van der Waals surface area contributed by atoms with Crippen molar-refractivity contribution in [3.05, 3.63) is 16.5 Å². The Balaban J connectivity index is 2.26. The van der Waals surface area contributed by atoms with Gasteiger partial charge in [0, 0.05) is 12.6 Å². The van der Waals surface area contributed by atoms with Crippen LogP contribution >= 0.6 is 15.9 Å². The highest BCUT2D eigenvalue weighted by atomic mass is 79.9. The average Bonchev–Trinajstić information content (AvgIpc) is 1.97. The number of carbonyl (C=O) groups is 1. The van der Waals surface area contributed by atoms with Crippen molar-refractivity contribution in [1.82, 2.24) is 9.97 Å². The zero-order valence-electron chi connectivity index (χ0n) is 8.27. The van der Waals surface area contributed by atoms with E-state index in [0.717, 1.165) is 23.4 Å². The maximum Gasteiger partial charge on any atom is 0.240 e. The van der Waals surface area contributed by atoms with Crippen LogP contribution in [-0.4, -0.2) is 28.5 Å². The second-order valence-corrected chi connectivity index (χ2v) is 4.31. The number of nitrogens with two attached hydrogens (primary N) is 1. The van der Waals surface area contributed by atoms with Crippen molar-refractivity contribution in [3.63, 3.8) is 0 Å². The van der Waals surface area contributed by atoms with Gasteiger partial charge in [0.1, 0.15) is 22.3 Å². The minimum atomic E-state index is -0.298. The van der Waals surface area contributed by atoms with Crippen LogP contribution in [0.1, 0.15) is 12.2 Å². The Morgan fingerprint density at radius 2 is 2.40 bits per heavy atom. The van der Waals surface area contributed by atoms with E-state index in [1.54, 1.807) is 6.07 Å². The van der Waals surface area contributed by atoms with Gasteiger partial charge in [0.25, 0.3) is 0 Å². The second-order valence-electron chi connectivity index (χ2n) is 3.50. The summed E-state index contributed by atoms with van der Waals surface area (Å²) in [5.74, 6) is 1.13. The Labute approximate surface area is 95.8 Å². The van der Waals surface area contributed by atoms with Crippen molar-refractivity contribution in [2.75, 3.05) is 11.4 Å². The zero-order chi connectivity index (χ0) is 11.0. The summed E-state index contributed by atoms with van der Waals surface area (Å²) in [7, 11) is 0. The van der Waals surface area contributed by atoms with E-state index in [1.807, 2.05) is 11.8 Å². The van der Waals surface area contributed by atoms with Gasteiger partial charge in [-0.1, -0.05) is 0 Å². The van der Waals surface area contributed by atoms with E-state index in [0.29, 0.717) is 5.82 Å². The summed E-state index contributed by atoms with van der Waals surface area (Å²) in [6, 6.07) is 1.58. The molecule has 2 heterocycles. The summed E-state index contributed by atoms with van der Waals surface area (Å²) in [5, 5.41) is 0. The van der Waals surface area contributed by atoms with Crippen molar-refractivity contribution < 1.29 is 4.79 Å². The number of aryl methyl sites for hydroxylation is 1. The Bertz CT molecular complexity index is 389. The number of hydrogen-bond acceptors (Lipinski definition) is 4. The zero-order valence-corrected chi connectivity index (χ0v) is 9.86. The van der Waals surface area contributed by atoms with Gasteiger partial charge < -0.3 is 10.6 Å². The van der Waals surface area contributed by atoms with Crippen molar-refractivity contribution in [2.45, 2.75) is 19.4 Å². The van der Waals surface area contributed by atoms with Gasteiger partial charge in [0.05, 0.1) is 0 Å². The van der Waals surface area contributed by atoms with E-state index in [-0.39, 0.29) is 11.9 Å². The number of primary amides is 1. The third-order valence-corrected chi connectivity index (χ3v) is 2.84. The van der Waals surface area contributed by atoms with Crippen LogP contribution < -0.4 is 10.6 Å². The topological polar surface area (TPSA) is 72.1 Å². The Morgan fingerprint density at radius 3 is 2.87 bits per heavy atom. The van der Waals surface area contributed by atoms with E-state index in [1.165, 1.54) is 0 Å². The SMILES string of the molecule is Cc1nc(Br)cc(N2CCC2C(N)=O)n1. The molecule has 1 amide bonds. The first-order chi connectivity index (χ1) is 7.08. The molecule has 15 heavy (non-hydrogen) atoms. The fraction of sp³-hybridized carbons (Fsp3) is 0.444. The molecule has 1 aromatic rings. The summed E-state index contributed by atoms with van der Waals surface area (Å²) < 4.78 is 0.722. The monoisotopic (exact) mass is 270 g/mol. The van der Waals surface area contributed by atoms with Gasteiger partial charge in [-0.2, -0.15) is 0 Å². The van der Waals surface area contributed by atoms with Gasteiger partial charge in [-0.3, -0.25) is 4.79 Å². The standard InChI is InChI=1S/C9H11BrN4O/c1-5-12-7(10)4-8(13-5)14-3-2-6(14)9(11)15/h4,6H,2-3H2,1H3,(H2,11,15). The Kier molecular flexibility index (Phi) is 2.60. The number of halogens is 1. The number of carbonyl (C=O) groups excluding carboxylic acids is 1. The molecule has 1 atom stereocenters. The molecule has 1 fully saturated rings. The van der Waals surface area contributed by atoms with E-state index < -0.39 is 0 Å². The molecular weight excluding hydrogens is 260 g/mol. The highest BCUT2D eigenvalue weighted by molar-refractivity contribution is 9.10. The first-order valence-electron chi connectivity index (χ1n) is 4.65. The van der Waals surface area contributed by atoms with Crippen LogP contribution in [0, 0.1) is 6.92 Å². The van der Waals surface area contributed by atoms with Crippen molar-refractivity contribution in [1.29, 1.82) is 0 Å². The Hall–Kier alpha value is -1.17. The van der Waals surface area contributed by atoms with Crippen molar-refractivity contribution >= 4 is 27.7 Å². The predicted octanol–water partition coefficient (Wildman–Crippen LogP) is 0.612. The lowest BCUT2D eigenvalue weighted by atomic mass is 10.0. The van der Waals surface area contributed by atoms with Crippen LogP contribution in [0.25, 0.3) is 0 Å². The largest absolute Gasteiger partial charge is 0.368 e. The van der Waals surface area contributed by atoms with Crippen LogP contribution in [-0.2, 0) is 4.79 Å². The number of amides is 1. The molecule has 0 saturated carbocycles. The van der Waals surface area contributed by atoms with E-state index in [2.05, 4.69) is 25.9 Å². The highest BCUT2D eigenvalue weighted by Gasteiger charge is 2.33. The molecule has 6 heteroatoms. The molecule has 5 nitrogen and oxygen atoms in total. The van der Waals surface area contributed by atoms with E-state index in [4.69, 9.17) is 5.73 Å². The minimum absolute atomic E-state index is 0.216. The molecule has 2 N–H and O–H groups in total. The van der Waals surface area contributed by atoms with E-state index in [9.17, 15) is 4.79 Å². The van der Waals surface area contributed by atoms with Crippen LogP contribution in [0.15, 0.2) is 10.7 Å². The van der Waals surface area contributed by atoms with Gasteiger partial charge in [0.2, 0.25) is 5.91 Å². The number of rotatable bonds is 2. The normalized spacial score (nSPS) is 19.9. The maximum atomic E-state index is 11.1. The Morgan fingerprint density at radius 1 is 1.67 bits per heavy atom. The molecule has 1 aliphatic rings. The highest BCUT2D eigenvalue weighted by Crippen LogP contribution is 2.26. The maximum absolute atomic E-state index is 11.1. The fourth-order valence-electron chi connectivity index (χ4n) is 1.62. The molecule has 1 aliphatic heterocycles. The van der Waals surface area contributed by atoms with Crippen LogP contribution in [0.4, 0.5) is 5.82 Å². The van der Waals surface area contributed by atoms with Gasteiger partial charge >= 0.3 is 0 Å². The van der Waals surface area contributed by atoms with Gasteiger partial charge in [0.15, 0.2) is 0 Å². The summed E-state index contributed by atoms with van der Waals surface area (Å²) in [4.78, 5) is 21.3. The lowest BCUT2D eigenvalue weighted by molar-refractivity contribution is -0.120. The third-order valence-electron chi connectivity index (χ3n) is 2.44. The van der Waals surface area contributed by atoms with Crippen molar-refractivity contribution in [3.8, 4) is 0 Å². The quantitative estimate of drug-likeness (QED) is 0.800. The summed E-state index contributed by atoms with van der Waals surface area (Å²) in [6.07, 6.45) is 0.802. The molecule has 0 aliphatic carbocycles. The summed E-state index contributed by atoms with van der Waals surface area (Å²) in [5.41, 5.74) is 5.27. The van der Waals surface area contributed by atoms with E-state index >= 15 is 0 Å². The molecule has 0 radical (unpaired) electrons. The molecule has 0 aromatic carbocycles. The average molecular weight is 271 g/mol. The fourth-order valence-corrected chi connectivity index (χ4v) is 2.08. The molecule has 0 spiro atoms. The predicted molar refractivity (Wildman–Crippen MR) is 59.4 cm³/mol. The molecule has 1 unspecified atom stereocenters. The van der Waals surface area contributed by atoms with Crippen LogP contribution in [0.5, 0.6) is 0 Å². The molecule has 2 rings (SSSR count). The van der Waals surface area contributed by atoms with Crippen LogP contribution in [0.3, 0.4) is 0 Å². The smallest absolute Gasteiger partial charge is 0.240 e. The number of nitrogens with zero attached hydrogens (tertiary/aromatic N) is 3.